The molecule has 3 aromatic rings. The van der Waals surface area contributed by atoms with E-state index in [0.29, 0.717) is 18.6 Å². The van der Waals surface area contributed by atoms with Gasteiger partial charge < -0.3 is 9.57 Å². The third-order valence-electron chi connectivity index (χ3n) is 5.39. The summed E-state index contributed by atoms with van der Waals surface area (Å²) in [7, 11) is 0. The molecule has 170 valence electrons. The molecule has 7 nitrogen and oxygen atoms in total. The molecule has 0 aliphatic rings. The Bertz CT molecular complexity index is 883. The molecule has 3 rings (SSSR count). The molecule has 7 heteroatoms. The third kappa shape index (κ3) is 7.65. The van der Waals surface area contributed by atoms with Crippen molar-refractivity contribution in [2.45, 2.75) is 72.1 Å². The van der Waals surface area contributed by atoms with E-state index in [1.54, 1.807) is 17.3 Å². The van der Waals surface area contributed by atoms with Crippen molar-refractivity contribution in [3.8, 4) is 11.3 Å². The molecule has 0 unspecified atom stereocenters. The maximum absolute atomic E-state index is 5.82. The van der Waals surface area contributed by atoms with E-state index < -0.39 is 0 Å². The molecule has 0 aliphatic heterocycles. The summed E-state index contributed by atoms with van der Waals surface area (Å²) in [6.45, 7) is 8.84. The van der Waals surface area contributed by atoms with E-state index in [-0.39, 0.29) is 0 Å². The minimum absolute atomic E-state index is 0.479. The van der Waals surface area contributed by atoms with Crippen molar-refractivity contribution in [2.75, 3.05) is 19.8 Å². The van der Waals surface area contributed by atoms with E-state index in [1.165, 1.54) is 44.9 Å². The standard InChI is InChI=1S/C24H37N5O2/c1-24(2,3)12-9-7-5-4-6-8-10-14-30-15-16-31-29-13-11-21-22(20-17-27-28-18-20)25-19-26-23(21)29/h11,13,17-19H,4-10,12,14-16H2,1-3H3,(H,27,28). The van der Waals surface area contributed by atoms with E-state index in [2.05, 4.69) is 40.9 Å². The van der Waals surface area contributed by atoms with Crippen molar-refractivity contribution >= 4 is 11.0 Å². The summed E-state index contributed by atoms with van der Waals surface area (Å²) in [6.07, 6.45) is 17.4. The van der Waals surface area contributed by atoms with Crippen LogP contribution in [0.15, 0.2) is 31.0 Å². The van der Waals surface area contributed by atoms with Gasteiger partial charge in [-0.15, -0.1) is 0 Å². The highest BCUT2D eigenvalue weighted by molar-refractivity contribution is 5.90. The fraction of sp³-hybridized carbons (Fsp3) is 0.625. The second kappa shape index (κ2) is 11.8. The van der Waals surface area contributed by atoms with Crippen molar-refractivity contribution in [3.05, 3.63) is 31.0 Å². The zero-order valence-corrected chi connectivity index (χ0v) is 19.3. The van der Waals surface area contributed by atoms with Crippen molar-refractivity contribution in [1.29, 1.82) is 0 Å². The maximum Gasteiger partial charge on any atom is 0.179 e. The molecule has 0 saturated heterocycles. The monoisotopic (exact) mass is 427 g/mol. The number of fused-ring (bicyclic) bond motifs is 1. The van der Waals surface area contributed by atoms with Crippen LogP contribution in [0.2, 0.25) is 0 Å². The van der Waals surface area contributed by atoms with Crippen LogP contribution in [-0.4, -0.2) is 44.7 Å². The van der Waals surface area contributed by atoms with Gasteiger partial charge in [-0.2, -0.15) is 9.83 Å². The Morgan fingerprint density at radius 3 is 2.45 bits per heavy atom. The molecule has 0 fully saturated rings. The third-order valence-corrected chi connectivity index (χ3v) is 5.39. The van der Waals surface area contributed by atoms with E-state index in [0.717, 1.165) is 35.3 Å². The first kappa shape index (κ1) is 23.3. The van der Waals surface area contributed by atoms with Crippen LogP contribution >= 0.6 is 0 Å². The predicted octanol–water partition coefficient (Wildman–Crippen LogP) is 5.43. The molecule has 0 amide bonds. The van der Waals surface area contributed by atoms with Crippen molar-refractivity contribution in [3.63, 3.8) is 0 Å². The molecule has 31 heavy (non-hydrogen) atoms. The van der Waals surface area contributed by atoms with Gasteiger partial charge in [0.15, 0.2) is 5.65 Å². The summed E-state index contributed by atoms with van der Waals surface area (Å²) in [4.78, 5) is 14.5. The Kier molecular flexibility index (Phi) is 8.88. The number of aromatic nitrogens is 5. The Labute approximate surface area is 185 Å². The summed E-state index contributed by atoms with van der Waals surface area (Å²) >= 11 is 0. The Balaban J connectivity index is 1.24. The lowest BCUT2D eigenvalue weighted by Gasteiger charge is -2.17. The second-order valence-electron chi connectivity index (χ2n) is 9.32. The molecule has 3 heterocycles. The number of hydrogen-bond acceptors (Lipinski definition) is 5. The van der Waals surface area contributed by atoms with Crippen LogP contribution in [0, 0.1) is 5.41 Å². The molecule has 1 N–H and O–H groups in total. The summed E-state index contributed by atoms with van der Waals surface area (Å²) in [5.74, 6) is 0. The molecule has 0 aliphatic carbocycles. The number of nitrogens with zero attached hydrogens (tertiary/aromatic N) is 4. The van der Waals surface area contributed by atoms with Gasteiger partial charge in [-0.05, 0) is 24.3 Å². The Hall–Kier alpha value is -2.41. The largest absolute Gasteiger partial charge is 0.410 e. The number of nitrogens with one attached hydrogen (secondary N) is 1. The molecule has 0 radical (unpaired) electrons. The molecule has 3 aromatic heterocycles. The lowest BCUT2D eigenvalue weighted by Crippen LogP contribution is -2.16. The first-order chi connectivity index (χ1) is 15.0. The van der Waals surface area contributed by atoms with Gasteiger partial charge in [0.2, 0.25) is 0 Å². The fourth-order valence-corrected chi connectivity index (χ4v) is 3.68. The quantitative estimate of drug-likeness (QED) is 0.347. The first-order valence-corrected chi connectivity index (χ1v) is 11.6. The van der Waals surface area contributed by atoms with Gasteiger partial charge in [-0.25, -0.2) is 9.97 Å². The van der Waals surface area contributed by atoms with Crippen LogP contribution < -0.4 is 4.84 Å². The van der Waals surface area contributed by atoms with Crippen LogP contribution in [0.3, 0.4) is 0 Å². The molecule has 0 saturated carbocycles. The predicted molar refractivity (Wildman–Crippen MR) is 124 cm³/mol. The van der Waals surface area contributed by atoms with Gasteiger partial charge in [0.1, 0.15) is 12.9 Å². The van der Waals surface area contributed by atoms with Crippen LogP contribution in [-0.2, 0) is 4.74 Å². The summed E-state index contributed by atoms with van der Waals surface area (Å²) in [5.41, 5.74) is 2.99. The van der Waals surface area contributed by atoms with Crippen molar-refractivity contribution in [1.82, 2.24) is 24.9 Å². The summed E-state index contributed by atoms with van der Waals surface area (Å²) in [6, 6.07) is 1.96. The number of hydrogen-bond donors (Lipinski definition) is 1. The normalized spacial score (nSPS) is 12.0. The average molecular weight is 428 g/mol. The molecule has 0 spiro atoms. The van der Waals surface area contributed by atoms with Crippen LogP contribution in [0.4, 0.5) is 0 Å². The minimum atomic E-state index is 0.479. The number of unbranched alkanes of at least 4 members (excludes halogenated alkanes) is 6. The first-order valence-electron chi connectivity index (χ1n) is 11.6. The zero-order valence-electron chi connectivity index (χ0n) is 19.3. The minimum Gasteiger partial charge on any atom is -0.410 e. The molecule has 0 bridgehead atoms. The van der Waals surface area contributed by atoms with E-state index >= 15 is 0 Å². The van der Waals surface area contributed by atoms with E-state index in [4.69, 9.17) is 9.57 Å². The average Bonchev–Trinajstić information content (AvgIpc) is 3.41. The van der Waals surface area contributed by atoms with Crippen LogP contribution in [0.25, 0.3) is 22.3 Å². The molecule has 0 atom stereocenters. The Morgan fingerprint density at radius 2 is 1.71 bits per heavy atom. The van der Waals surface area contributed by atoms with Crippen molar-refractivity contribution < 1.29 is 9.57 Å². The summed E-state index contributed by atoms with van der Waals surface area (Å²) < 4.78 is 7.41. The molecular weight excluding hydrogens is 390 g/mol. The fourth-order valence-electron chi connectivity index (χ4n) is 3.68. The van der Waals surface area contributed by atoms with Gasteiger partial charge in [0, 0.05) is 30.0 Å². The topological polar surface area (TPSA) is 77.9 Å². The number of H-pyrrole nitrogens is 1. The van der Waals surface area contributed by atoms with Gasteiger partial charge in [0.05, 0.1) is 18.5 Å². The smallest absolute Gasteiger partial charge is 0.179 e. The van der Waals surface area contributed by atoms with E-state index in [1.807, 2.05) is 18.5 Å². The molecular formula is C24H37N5O2. The van der Waals surface area contributed by atoms with Crippen LogP contribution in [0.1, 0.15) is 72.1 Å². The lowest BCUT2D eigenvalue weighted by atomic mass is 9.89. The number of aromatic amines is 1. The highest BCUT2D eigenvalue weighted by Crippen LogP contribution is 2.24. The summed E-state index contributed by atoms with van der Waals surface area (Å²) in [5, 5.41) is 7.74. The van der Waals surface area contributed by atoms with Crippen molar-refractivity contribution in [2.24, 2.45) is 5.41 Å². The Morgan fingerprint density at radius 1 is 0.935 bits per heavy atom. The van der Waals surface area contributed by atoms with Gasteiger partial charge in [-0.3, -0.25) is 5.10 Å². The highest BCUT2D eigenvalue weighted by Gasteiger charge is 2.11. The van der Waals surface area contributed by atoms with Gasteiger partial charge >= 0.3 is 0 Å². The number of rotatable bonds is 14. The SMILES string of the molecule is CC(C)(C)CCCCCCCCCOCCOn1ccc2c(-c3cn[nH]c3)ncnc21. The maximum atomic E-state index is 5.82. The van der Waals surface area contributed by atoms with E-state index in [9.17, 15) is 0 Å². The molecule has 0 aromatic carbocycles. The zero-order chi connectivity index (χ0) is 21.9. The highest BCUT2D eigenvalue weighted by atomic mass is 16.7. The number of ether oxygens (including phenoxy) is 1. The second-order valence-corrected chi connectivity index (χ2v) is 9.32. The van der Waals surface area contributed by atoms with Crippen LogP contribution in [0.5, 0.6) is 0 Å². The van der Waals surface area contributed by atoms with Gasteiger partial charge in [-0.1, -0.05) is 59.3 Å². The lowest BCUT2D eigenvalue weighted by molar-refractivity contribution is 0.0412. The van der Waals surface area contributed by atoms with Gasteiger partial charge in [0.25, 0.3) is 0 Å².